The number of alkyl halides is 4. The van der Waals surface area contributed by atoms with Crippen molar-refractivity contribution in [3.05, 3.63) is 59.7 Å². The van der Waals surface area contributed by atoms with Gasteiger partial charge in [0.25, 0.3) is 9.84 Å². The minimum atomic E-state index is -5.72. The van der Waals surface area contributed by atoms with Crippen molar-refractivity contribution in [3.8, 4) is 22.5 Å². The summed E-state index contributed by atoms with van der Waals surface area (Å²) < 4.78 is 76.9. The van der Waals surface area contributed by atoms with E-state index < -0.39 is 26.7 Å². The molecule has 0 spiro atoms. The summed E-state index contributed by atoms with van der Waals surface area (Å²) in [5.74, 6) is 0. The van der Waals surface area contributed by atoms with Gasteiger partial charge in [-0.05, 0) is 13.8 Å². The average molecular weight is 412 g/mol. The molecule has 0 aliphatic rings. The number of benzene rings is 2. The van der Waals surface area contributed by atoms with Crippen molar-refractivity contribution >= 4 is 9.84 Å². The molecular formula is C19H16F4N2O2S. The summed E-state index contributed by atoms with van der Waals surface area (Å²) >= 11 is 0. The zero-order valence-corrected chi connectivity index (χ0v) is 15.7. The van der Waals surface area contributed by atoms with Crippen molar-refractivity contribution in [2.75, 3.05) is 0 Å². The summed E-state index contributed by atoms with van der Waals surface area (Å²) in [6.45, 7) is 3.69. The van der Waals surface area contributed by atoms with Crippen molar-refractivity contribution in [3.63, 3.8) is 0 Å². The molecule has 0 saturated carbocycles. The first-order valence-corrected chi connectivity index (χ1v) is 9.67. The van der Waals surface area contributed by atoms with E-state index in [0.29, 0.717) is 11.1 Å². The second kappa shape index (κ2) is 7.05. The average Bonchev–Trinajstić information content (AvgIpc) is 3.08. The fraction of sp³-hybridized carbons (Fsp3) is 0.211. The molecular weight excluding hydrogens is 396 g/mol. The molecule has 0 unspecified atom stereocenters. The Kier molecular flexibility index (Phi) is 5.05. The van der Waals surface area contributed by atoms with Crippen molar-refractivity contribution in [2.45, 2.75) is 30.7 Å². The van der Waals surface area contributed by atoms with Crippen LogP contribution in [0.4, 0.5) is 17.6 Å². The Morgan fingerprint density at radius 3 is 1.82 bits per heavy atom. The van der Waals surface area contributed by atoms with E-state index in [9.17, 15) is 26.0 Å². The summed E-state index contributed by atoms with van der Waals surface area (Å²) in [6.07, 6.45) is -4.38. The molecule has 0 atom stereocenters. The molecule has 0 saturated heterocycles. The first-order chi connectivity index (χ1) is 13.0. The van der Waals surface area contributed by atoms with E-state index in [1.807, 2.05) is 13.8 Å². The van der Waals surface area contributed by atoms with Crippen LogP contribution in [-0.2, 0) is 9.84 Å². The summed E-state index contributed by atoms with van der Waals surface area (Å²) in [4.78, 5) is 6.09. The van der Waals surface area contributed by atoms with E-state index in [-0.39, 0.29) is 11.4 Å². The maximum atomic E-state index is 13.7. The van der Waals surface area contributed by atoms with Gasteiger partial charge < -0.3 is 4.98 Å². The van der Waals surface area contributed by atoms with Gasteiger partial charge in [-0.3, -0.25) is 0 Å². The molecule has 148 valence electrons. The third-order valence-electron chi connectivity index (χ3n) is 4.21. The smallest absolute Gasteiger partial charge is 0.328 e. The van der Waals surface area contributed by atoms with Crippen molar-refractivity contribution < 1.29 is 26.0 Å². The van der Waals surface area contributed by atoms with Gasteiger partial charge in [0, 0.05) is 11.1 Å². The number of nitrogens with zero attached hydrogens (tertiary/aromatic N) is 1. The minimum absolute atomic E-state index is 0.0764. The van der Waals surface area contributed by atoms with E-state index in [0.717, 1.165) is 11.1 Å². The Bertz CT molecular complexity index is 1030. The monoisotopic (exact) mass is 412 g/mol. The number of hydrogen-bond acceptors (Lipinski definition) is 3. The number of hydrogen-bond donors (Lipinski definition) is 1. The fourth-order valence-corrected chi connectivity index (χ4v) is 3.51. The van der Waals surface area contributed by atoms with Gasteiger partial charge in [-0.2, -0.15) is 8.78 Å². The number of rotatable bonds is 5. The number of imidazole rings is 1. The number of nitrogens with one attached hydrogen (secondary N) is 1. The molecule has 9 heteroatoms. The Morgan fingerprint density at radius 2 is 1.36 bits per heavy atom. The van der Waals surface area contributed by atoms with Crippen molar-refractivity contribution in [1.82, 2.24) is 9.97 Å². The lowest BCUT2D eigenvalue weighted by atomic mass is 10.0. The molecule has 0 aliphatic heterocycles. The summed E-state index contributed by atoms with van der Waals surface area (Å²) in [6, 6.07) is 13.6. The predicted octanol–water partition coefficient (Wildman–Crippen LogP) is 4.99. The molecule has 28 heavy (non-hydrogen) atoms. The molecule has 3 aromatic rings. The number of aryl methyl sites for hydroxylation is 2. The number of H-pyrrole nitrogens is 1. The minimum Gasteiger partial charge on any atom is -0.328 e. The van der Waals surface area contributed by atoms with Gasteiger partial charge in [-0.25, -0.2) is 22.2 Å². The van der Waals surface area contributed by atoms with Gasteiger partial charge >= 0.3 is 11.7 Å². The summed E-state index contributed by atoms with van der Waals surface area (Å²) in [7, 11) is -5.72. The van der Waals surface area contributed by atoms with E-state index in [2.05, 4.69) is 9.97 Å². The maximum absolute atomic E-state index is 13.7. The summed E-state index contributed by atoms with van der Waals surface area (Å²) in [5, 5.41) is -6.47. The molecule has 0 radical (unpaired) electrons. The molecule has 3 rings (SSSR count). The molecule has 1 N–H and O–H groups in total. The highest BCUT2D eigenvalue weighted by atomic mass is 32.2. The third-order valence-corrected chi connectivity index (χ3v) is 5.81. The van der Waals surface area contributed by atoms with Gasteiger partial charge in [0.15, 0.2) is 0 Å². The second-order valence-corrected chi connectivity index (χ2v) is 8.30. The Balaban J connectivity index is 2.24. The van der Waals surface area contributed by atoms with Crippen LogP contribution in [0.1, 0.15) is 11.1 Å². The standard InChI is InChI=1S/C19H16F4N2O2S/c1-11-3-7-13(8-4-11)15-16(14-9-5-12(2)6-10-14)25-18(24-15)28(26,27)19(22,23)17(20)21/h3-10,17H,1-2H3,(H,24,25). The number of sulfone groups is 1. The maximum Gasteiger partial charge on any atom is 0.411 e. The zero-order chi connectivity index (χ0) is 20.7. The second-order valence-electron chi connectivity index (χ2n) is 6.36. The topological polar surface area (TPSA) is 62.8 Å². The third kappa shape index (κ3) is 3.42. The quantitative estimate of drug-likeness (QED) is 0.601. The van der Waals surface area contributed by atoms with E-state index in [1.54, 1.807) is 48.5 Å². The lowest BCUT2D eigenvalue weighted by molar-refractivity contribution is -0.0639. The van der Waals surface area contributed by atoms with Crippen LogP contribution >= 0.6 is 0 Å². The molecule has 0 aliphatic carbocycles. The molecule has 1 aromatic heterocycles. The zero-order valence-electron chi connectivity index (χ0n) is 14.9. The van der Waals surface area contributed by atoms with E-state index in [1.165, 1.54) is 0 Å². The molecule has 0 amide bonds. The molecule has 4 nitrogen and oxygen atoms in total. The molecule has 2 aromatic carbocycles. The van der Waals surface area contributed by atoms with Crippen molar-refractivity contribution in [1.29, 1.82) is 0 Å². The van der Waals surface area contributed by atoms with Crippen molar-refractivity contribution in [2.24, 2.45) is 0 Å². The number of halogens is 4. The van der Waals surface area contributed by atoms with Gasteiger partial charge in [0.1, 0.15) is 0 Å². The van der Waals surface area contributed by atoms with Crippen LogP contribution in [0, 0.1) is 13.8 Å². The SMILES string of the molecule is Cc1ccc(-c2nc(S(=O)(=O)C(F)(F)C(F)F)[nH]c2-c2ccc(C)cc2)cc1. The van der Waals surface area contributed by atoms with Gasteiger partial charge in [-0.15, -0.1) is 0 Å². The van der Waals surface area contributed by atoms with Crippen LogP contribution < -0.4 is 0 Å². The highest BCUT2D eigenvalue weighted by Gasteiger charge is 2.56. The molecule has 0 fully saturated rings. The van der Waals surface area contributed by atoms with Crippen LogP contribution in [0.5, 0.6) is 0 Å². The lowest BCUT2D eigenvalue weighted by Crippen LogP contribution is -2.37. The largest absolute Gasteiger partial charge is 0.411 e. The Labute approximate surface area is 159 Å². The number of aromatic nitrogens is 2. The van der Waals surface area contributed by atoms with Crippen LogP contribution in [0.3, 0.4) is 0 Å². The first-order valence-electron chi connectivity index (χ1n) is 8.18. The molecule has 1 heterocycles. The highest BCUT2D eigenvalue weighted by molar-refractivity contribution is 7.92. The van der Waals surface area contributed by atoms with Gasteiger partial charge in [0.2, 0.25) is 5.16 Å². The van der Waals surface area contributed by atoms with Gasteiger partial charge in [-0.1, -0.05) is 59.7 Å². The van der Waals surface area contributed by atoms with E-state index in [4.69, 9.17) is 0 Å². The van der Waals surface area contributed by atoms with Crippen LogP contribution in [0.2, 0.25) is 0 Å². The normalized spacial score (nSPS) is 12.5. The summed E-state index contributed by atoms with van der Waals surface area (Å²) in [5.41, 5.74) is 3.01. The Morgan fingerprint density at radius 1 is 0.893 bits per heavy atom. The van der Waals surface area contributed by atoms with Crippen LogP contribution in [0.25, 0.3) is 22.5 Å². The first kappa shape index (κ1) is 20.1. The lowest BCUT2D eigenvalue weighted by Gasteiger charge is -2.13. The van der Waals surface area contributed by atoms with Gasteiger partial charge in [0.05, 0.1) is 11.4 Å². The van der Waals surface area contributed by atoms with E-state index >= 15 is 0 Å². The van der Waals surface area contributed by atoms with Crippen LogP contribution in [-0.4, -0.2) is 30.1 Å². The van der Waals surface area contributed by atoms with Crippen LogP contribution in [0.15, 0.2) is 53.7 Å². The number of aromatic amines is 1. The Hall–Kier alpha value is -2.68. The predicted molar refractivity (Wildman–Crippen MR) is 97.1 cm³/mol. The molecule has 0 bridgehead atoms. The highest BCUT2D eigenvalue weighted by Crippen LogP contribution is 2.37. The fourth-order valence-electron chi connectivity index (χ4n) is 2.57.